The van der Waals surface area contributed by atoms with E-state index in [-0.39, 0.29) is 18.4 Å². The highest BCUT2D eigenvalue weighted by atomic mass is 32.1. The minimum atomic E-state index is -4.70. The van der Waals surface area contributed by atoms with Crippen LogP contribution in [0.15, 0.2) is 35.7 Å². The van der Waals surface area contributed by atoms with Crippen LogP contribution in [0, 0.1) is 6.92 Å². The van der Waals surface area contributed by atoms with Gasteiger partial charge in [-0.25, -0.2) is 0 Å². The molecule has 0 fully saturated rings. The fraction of sp³-hybridized carbons (Fsp3) is 0.286. The van der Waals surface area contributed by atoms with Gasteiger partial charge in [-0.2, -0.15) is 0 Å². The maximum absolute atomic E-state index is 12.1. The van der Waals surface area contributed by atoms with Gasteiger partial charge in [0.2, 0.25) is 0 Å². The van der Waals surface area contributed by atoms with Crippen molar-refractivity contribution in [3.63, 3.8) is 0 Å². The minimum absolute atomic E-state index is 0.280. The predicted molar refractivity (Wildman–Crippen MR) is 74.6 cm³/mol. The molecule has 21 heavy (non-hydrogen) atoms. The van der Waals surface area contributed by atoms with Crippen LogP contribution in [0.3, 0.4) is 0 Å². The van der Waals surface area contributed by atoms with Gasteiger partial charge in [-0.15, -0.1) is 24.5 Å². The van der Waals surface area contributed by atoms with E-state index >= 15 is 0 Å². The Hall–Kier alpha value is -1.73. The molecule has 1 aromatic carbocycles. The largest absolute Gasteiger partial charge is 0.573 e. The Bertz CT molecular complexity index is 581. The number of alkyl halides is 3. The summed E-state index contributed by atoms with van der Waals surface area (Å²) in [6, 6.07) is 7.22. The SMILES string of the molecule is Cc1ccsc1C(CN)Oc1ccc(OC(F)(F)F)cc1. The summed E-state index contributed by atoms with van der Waals surface area (Å²) < 4.78 is 45.7. The van der Waals surface area contributed by atoms with Crippen LogP contribution in [0.4, 0.5) is 13.2 Å². The fourth-order valence-corrected chi connectivity index (χ4v) is 2.78. The highest BCUT2D eigenvalue weighted by molar-refractivity contribution is 7.10. The van der Waals surface area contributed by atoms with Crippen LogP contribution in [0.2, 0.25) is 0 Å². The first kappa shape index (κ1) is 15.7. The van der Waals surface area contributed by atoms with E-state index in [4.69, 9.17) is 10.5 Å². The van der Waals surface area contributed by atoms with E-state index in [9.17, 15) is 13.2 Å². The van der Waals surface area contributed by atoms with Gasteiger partial charge in [0.25, 0.3) is 0 Å². The van der Waals surface area contributed by atoms with Gasteiger partial charge in [-0.3, -0.25) is 0 Å². The van der Waals surface area contributed by atoms with Crippen molar-refractivity contribution in [2.24, 2.45) is 5.73 Å². The third-order valence-electron chi connectivity index (χ3n) is 2.74. The highest BCUT2D eigenvalue weighted by Crippen LogP contribution is 2.30. The number of aryl methyl sites for hydroxylation is 1. The highest BCUT2D eigenvalue weighted by Gasteiger charge is 2.31. The van der Waals surface area contributed by atoms with Crippen LogP contribution in [0.25, 0.3) is 0 Å². The van der Waals surface area contributed by atoms with E-state index in [0.29, 0.717) is 5.75 Å². The van der Waals surface area contributed by atoms with Crippen molar-refractivity contribution < 1.29 is 22.6 Å². The summed E-state index contributed by atoms with van der Waals surface area (Å²) in [4.78, 5) is 1.01. The summed E-state index contributed by atoms with van der Waals surface area (Å²) in [7, 11) is 0. The fourth-order valence-electron chi connectivity index (χ4n) is 1.81. The third-order valence-corrected chi connectivity index (χ3v) is 3.85. The number of hydrogen-bond donors (Lipinski definition) is 1. The molecule has 0 amide bonds. The van der Waals surface area contributed by atoms with Crippen LogP contribution in [-0.2, 0) is 0 Å². The minimum Gasteiger partial charge on any atom is -0.484 e. The first-order valence-electron chi connectivity index (χ1n) is 6.15. The molecule has 114 valence electrons. The van der Waals surface area contributed by atoms with Crippen LogP contribution in [0.1, 0.15) is 16.5 Å². The number of ether oxygens (including phenoxy) is 2. The van der Waals surface area contributed by atoms with Gasteiger partial charge in [0.15, 0.2) is 0 Å². The number of halogens is 3. The van der Waals surface area contributed by atoms with Gasteiger partial charge < -0.3 is 15.2 Å². The molecule has 1 unspecified atom stereocenters. The van der Waals surface area contributed by atoms with E-state index in [2.05, 4.69) is 4.74 Å². The van der Waals surface area contributed by atoms with Crippen molar-refractivity contribution in [1.29, 1.82) is 0 Å². The molecule has 2 rings (SSSR count). The second-order valence-corrected chi connectivity index (χ2v) is 5.28. The average Bonchev–Trinajstić information content (AvgIpc) is 2.82. The smallest absolute Gasteiger partial charge is 0.484 e. The topological polar surface area (TPSA) is 44.5 Å². The zero-order valence-electron chi connectivity index (χ0n) is 11.2. The molecule has 1 aromatic heterocycles. The molecular formula is C14H14F3NO2S. The predicted octanol–water partition coefficient (Wildman–Crippen LogP) is 4.03. The molecule has 7 heteroatoms. The third kappa shape index (κ3) is 4.37. The second-order valence-electron chi connectivity index (χ2n) is 4.33. The van der Waals surface area contributed by atoms with E-state index in [1.54, 1.807) is 0 Å². The molecule has 0 aliphatic heterocycles. The Kier molecular flexibility index (Phi) is 4.74. The summed E-state index contributed by atoms with van der Waals surface area (Å²) in [5, 5.41) is 1.94. The van der Waals surface area contributed by atoms with Gasteiger partial charge in [-0.05, 0) is 48.2 Å². The molecule has 0 spiro atoms. The van der Waals surface area contributed by atoms with Gasteiger partial charge in [0, 0.05) is 11.4 Å². The molecule has 3 nitrogen and oxygen atoms in total. The molecule has 0 radical (unpaired) electrons. The summed E-state index contributed by atoms with van der Waals surface area (Å²) in [6.45, 7) is 2.24. The number of nitrogens with two attached hydrogens (primary N) is 1. The van der Waals surface area contributed by atoms with Gasteiger partial charge >= 0.3 is 6.36 Å². The lowest BCUT2D eigenvalue weighted by Crippen LogP contribution is -2.18. The first-order valence-corrected chi connectivity index (χ1v) is 7.03. The van der Waals surface area contributed by atoms with Crippen LogP contribution < -0.4 is 15.2 Å². The standard InChI is InChI=1S/C14H14F3NO2S/c1-9-6-7-21-13(9)12(8-18)19-10-2-4-11(5-3-10)20-14(15,16)17/h2-7,12H,8,18H2,1H3. The molecule has 0 saturated heterocycles. The molecule has 2 N–H and O–H groups in total. The summed E-state index contributed by atoms with van der Waals surface area (Å²) in [6.07, 6.45) is -5.02. The lowest BCUT2D eigenvalue weighted by atomic mass is 10.2. The van der Waals surface area contributed by atoms with Gasteiger partial charge in [0.05, 0.1) is 0 Å². The summed E-state index contributed by atoms with van der Waals surface area (Å²) >= 11 is 1.53. The maximum atomic E-state index is 12.1. The first-order chi connectivity index (χ1) is 9.89. The summed E-state index contributed by atoms with van der Waals surface area (Å²) in [5.74, 6) is 0.152. The van der Waals surface area contributed by atoms with E-state index in [0.717, 1.165) is 10.4 Å². The second kappa shape index (κ2) is 6.36. The van der Waals surface area contributed by atoms with Crippen molar-refractivity contribution >= 4 is 11.3 Å². The Morgan fingerprint density at radius 3 is 2.24 bits per heavy atom. The Balaban J connectivity index is 2.07. The molecule has 0 aliphatic carbocycles. The Morgan fingerprint density at radius 2 is 1.76 bits per heavy atom. The maximum Gasteiger partial charge on any atom is 0.573 e. The number of hydrogen-bond acceptors (Lipinski definition) is 4. The Labute approximate surface area is 124 Å². The van der Waals surface area contributed by atoms with Crippen molar-refractivity contribution in [3.05, 3.63) is 46.2 Å². The number of benzene rings is 1. The monoisotopic (exact) mass is 317 g/mol. The normalized spacial score (nSPS) is 13.0. The zero-order chi connectivity index (χ0) is 15.5. The Morgan fingerprint density at radius 1 is 1.14 bits per heavy atom. The lowest BCUT2D eigenvalue weighted by Gasteiger charge is -2.17. The lowest BCUT2D eigenvalue weighted by molar-refractivity contribution is -0.274. The average molecular weight is 317 g/mol. The molecule has 2 aromatic rings. The molecule has 1 atom stereocenters. The van der Waals surface area contributed by atoms with Crippen molar-refractivity contribution in [2.75, 3.05) is 6.54 Å². The van der Waals surface area contributed by atoms with Crippen molar-refractivity contribution in [2.45, 2.75) is 19.4 Å². The van der Waals surface area contributed by atoms with Crippen molar-refractivity contribution in [3.8, 4) is 11.5 Å². The summed E-state index contributed by atoms with van der Waals surface area (Å²) in [5.41, 5.74) is 6.78. The molecule has 1 heterocycles. The van der Waals surface area contributed by atoms with Crippen molar-refractivity contribution in [1.82, 2.24) is 0 Å². The van der Waals surface area contributed by atoms with E-state index in [1.807, 2.05) is 18.4 Å². The van der Waals surface area contributed by atoms with Crippen LogP contribution in [-0.4, -0.2) is 12.9 Å². The zero-order valence-corrected chi connectivity index (χ0v) is 12.0. The van der Waals surface area contributed by atoms with E-state index < -0.39 is 6.36 Å². The number of rotatable bonds is 5. The van der Waals surface area contributed by atoms with Gasteiger partial charge in [-0.1, -0.05) is 0 Å². The quantitative estimate of drug-likeness (QED) is 0.905. The van der Waals surface area contributed by atoms with E-state index in [1.165, 1.54) is 35.6 Å². The molecule has 0 saturated carbocycles. The van der Waals surface area contributed by atoms with Crippen LogP contribution in [0.5, 0.6) is 11.5 Å². The molecule has 0 aliphatic rings. The molecular weight excluding hydrogens is 303 g/mol. The van der Waals surface area contributed by atoms with Crippen LogP contribution >= 0.6 is 11.3 Å². The molecule has 0 bridgehead atoms. The number of thiophene rings is 1. The van der Waals surface area contributed by atoms with Gasteiger partial charge in [0.1, 0.15) is 17.6 Å².